The molecule has 1 aliphatic rings. The van der Waals surface area contributed by atoms with Crippen LogP contribution in [0.1, 0.15) is 17.2 Å². The molecular weight excluding hydrogens is 332 g/mol. The van der Waals surface area contributed by atoms with Crippen LogP contribution in [0.15, 0.2) is 24.5 Å². The molecule has 0 saturated heterocycles. The largest absolute Gasteiger partial charge is 0.369 e. The van der Waals surface area contributed by atoms with E-state index in [-0.39, 0.29) is 6.54 Å². The predicted molar refractivity (Wildman–Crippen MR) is 85.8 cm³/mol. The minimum atomic E-state index is -3.44. The molecular formula is C14H20N6O3S. The molecule has 2 aromatic rings. The van der Waals surface area contributed by atoms with Gasteiger partial charge in [-0.05, 0) is 11.6 Å². The Hall–Kier alpha value is -1.88. The van der Waals surface area contributed by atoms with Crippen molar-refractivity contribution in [3.05, 3.63) is 41.7 Å². The van der Waals surface area contributed by atoms with Crippen molar-refractivity contribution in [1.82, 2.24) is 28.4 Å². The predicted octanol–water partition coefficient (Wildman–Crippen LogP) is 0.0119. The lowest BCUT2D eigenvalue weighted by molar-refractivity contribution is 0.0979. The first-order valence-corrected chi connectivity index (χ1v) is 8.93. The molecule has 130 valence electrons. The standard InChI is InChI=1S/C14H20N6O3S/c1-18(2)24(21,22)19-6-7-20-13(9-19)16-17-14(20)11-23-10-12-4-3-5-15-8-12/h3-5,8H,6-7,9-11H2,1-2H3. The molecule has 0 N–H and O–H groups in total. The summed E-state index contributed by atoms with van der Waals surface area (Å²) >= 11 is 0. The highest BCUT2D eigenvalue weighted by Crippen LogP contribution is 2.17. The van der Waals surface area contributed by atoms with Gasteiger partial charge in [0.25, 0.3) is 10.2 Å². The third-order valence-electron chi connectivity index (χ3n) is 3.81. The summed E-state index contributed by atoms with van der Waals surface area (Å²) in [6.45, 7) is 1.89. The zero-order valence-corrected chi connectivity index (χ0v) is 14.5. The van der Waals surface area contributed by atoms with Crippen LogP contribution < -0.4 is 0 Å². The van der Waals surface area contributed by atoms with Crippen LogP contribution >= 0.6 is 0 Å². The van der Waals surface area contributed by atoms with Gasteiger partial charge in [-0.1, -0.05) is 6.07 Å². The van der Waals surface area contributed by atoms with Gasteiger partial charge in [0.05, 0.1) is 13.2 Å². The van der Waals surface area contributed by atoms with Gasteiger partial charge in [0.1, 0.15) is 12.4 Å². The monoisotopic (exact) mass is 352 g/mol. The fourth-order valence-corrected chi connectivity index (χ4v) is 3.53. The van der Waals surface area contributed by atoms with Crippen molar-refractivity contribution in [3.8, 4) is 0 Å². The number of aromatic nitrogens is 4. The van der Waals surface area contributed by atoms with Gasteiger partial charge >= 0.3 is 0 Å². The lowest BCUT2D eigenvalue weighted by atomic mass is 10.3. The molecule has 3 rings (SSSR count). The molecule has 24 heavy (non-hydrogen) atoms. The van der Waals surface area contributed by atoms with Gasteiger partial charge in [-0.15, -0.1) is 10.2 Å². The normalized spacial score (nSPS) is 15.6. The van der Waals surface area contributed by atoms with Crippen molar-refractivity contribution < 1.29 is 13.2 Å². The van der Waals surface area contributed by atoms with Crippen LogP contribution in [-0.2, 0) is 41.2 Å². The Bertz CT molecular complexity index is 790. The van der Waals surface area contributed by atoms with E-state index in [4.69, 9.17) is 4.74 Å². The number of nitrogens with zero attached hydrogens (tertiary/aromatic N) is 6. The SMILES string of the molecule is CN(C)S(=O)(=O)N1CCn2c(COCc3cccnc3)nnc2C1. The molecule has 3 heterocycles. The first-order valence-electron chi connectivity index (χ1n) is 7.53. The van der Waals surface area contributed by atoms with Crippen molar-refractivity contribution in [2.45, 2.75) is 26.3 Å². The van der Waals surface area contributed by atoms with Gasteiger partial charge in [-0.25, -0.2) is 0 Å². The van der Waals surface area contributed by atoms with E-state index in [1.54, 1.807) is 12.4 Å². The lowest BCUT2D eigenvalue weighted by Crippen LogP contribution is -2.44. The van der Waals surface area contributed by atoms with Crippen molar-refractivity contribution in [3.63, 3.8) is 0 Å². The summed E-state index contributed by atoms with van der Waals surface area (Å²) in [7, 11) is -0.399. The average molecular weight is 352 g/mol. The van der Waals surface area contributed by atoms with Crippen LogP contribution in [0.25, 0.3) is 0 Å². The Labute approximate surface area is 141 Å². The Kier molecular flexibility index (Phi) is 4.90. The van der Waals surface area contributed by atoms with Gasteiger partial charge in [-0.2, -0.15) is 17.0 Å². The van der Waals surface area contributed by atoms with Crippen LogP contribution in [0, 0.1) is 0 Å². The molecule has 0 unspecified atom stereocenters. The van der Waals surface area contributed by atoms with E-state index in [0.29, 0.717) is 38.0 Å². The number of hydrogen-bond acceptors (Lipinski definition) is 6. The van der Waals surface area contributed by atoms with Crippen molar-refractivity contribution >= 4 is 10.2 Å². The summed E-state index contributed by atoms with van der Waals surface area (Å²) in [5.74, 6) is 1.34. The molecule has 0 spiro atoms. The minimum absolute atomic E-state index is 0.218. The Morgan fingerprint density at radius 1 is 1.25 bits per heavy atom. The van der Waals surface area contributed by atoms with Gasteiger partial charge in [0.15, 0.2) is 5.82 Å². The number of ether oxygens (including phenoxy) is 1. The summed E-state index contributed by atoms with van der Waals surface area (Å²) < 4.78 is 34.6. The summed E-state index contributed by atoms with van der Waals surface area (Å²) in [5.41, 5.74) is 0.985. The number of fused-ring (bicyclic) bond motifs is 1. The van der Waals surface area contributed by atoms with Crippen molar-refractivity contribution in [2.75, 3.05) is 20.6 Å². The molecule has 0 fully saturated rings. The second-order valence-electron chi connectivity index (χ2n) is 5.66. The zero-order chi connectivity index (χ0) is 17.2. The highest BCUT2D eigenvalue weighted by Gasteiger charge is 2.30. The molecule has 0 radical (unpaired) electrons. The molecule has 2 aromatic heterocycles. The van der Waals surface area contributed by atoms with Gasteiger partial charge in [-0.3, -0.25) is 4.98 Å². The molecule has 9 nitrogen and oxygen atoms in total. The van der Waals surface area contributed by atoms with Crippen molar-refractivity contribution in [2.24, 2.45) is 0 Å². The fourth-order valence-electron chi connectivity index (χ4n) is 2.47. The Morgan fingerprint density at radius 2 is 2.08 bits per heavy atom. The third-order valence-corrected chi connectivity index (χ3v) is 5.69. The van der Waals surface area contributed by atoms with E-state index < -0.39 is 10.2 Å². The van der Waals surface area contributed by atoms with Gasteiger partial charge in [0, 0.05) is 39.6 Å². The second kappa shape index (κ2) is 6.93. The first-order chi connectivity index (χ1) is 11.5. The van der Waals surface area contributed by atoms with Crippen molar-refractivity contribution in [1.29, 1.82) is 0 Å². The van der Waals surface area contributed by atoms with E-state index in [1.807, 2.05) is 16.7 Å². The zero-order valence-electron chi connectivity index (χ0n) is 13.7. The molecule has 0 saturated carbocycles. The van der Waals surface area contributed by atoms with Crippen LogP contribution in [0.4, 0.5) is 0 Å². The molecule has 0 atom stereocenters. The maximum Gasteiger partial charge on any atom is 0.281 e. The first kappa shape index (κ1) is 17.0. The third kappa shape index (κ3) is 3.46. The van der Waals surface area contributed by atoms with Crippen LogP contribution in [0.5, 0.6) is 0 Å². The van der Waals surface area contributed by atoms with Crippen LogP contribution in [0.2, 0.25) is 0 Å². The summed E-state index contributed by atoms with van der Waals surface area (Å²) in [6.07, 6.45) is 3.47. The molecule has 0 bridgehead atoms. The summed E-state index contributed by atoms with van der Waals surface area (Å²) in [5, 5.41) is 8.23. The van der Waals surface area contributed by atoms with Crippen LogP contribution in [-0.4, -0.2) is 57.4 Å². The number of pyridine rings is 1. The molecule has 1 aliphatic heterocycles. The van der Waals surface area contributed by atoms with Crippen LogP contribution in [0.3, 0.4) is 0 Å². The maximum absolute atomic E-state index is 12.2. The Balaban J connectivity index is 1.63. The summed E-state index contributed by atoms with van der Waals surface area (Å²) in [6, 6.07) is 3.80. The average Bonchev–Trinajstić information content (AvgIpc) is 2.98. The molecule has 0 aromatic carbocycles. The molecule has 0 amide bonds. The smallest absolute Gasteiger partial charge is 0.281 e. The van der Waals surface area contributed by atoms with E-state index in [1.165, 1.54) is 22.7 Å². The fraction of sp³-hybridized carbons (Fsp3) is 0.500. The van der Waals surface area contributed by atoms with Gasteiger partial charge in [0.2, 0.25) is 0 Å². The number of rotatable bonds is 6. The lowest BCUT2D eigenvalue weighted by Gasteiger charge is -2.29. The molecule has 10 heteroatoms. The topological polar surface area (TPSA) is 93.5 Å². The number of hydrogen-bond donors (Lipinski definition) is 0. The van der Waals surface area contributed by atoms with Gasteiger partial charge < -0.3 is 9.30 Å². The van der Waals surface area contributed by atoms with E-state index in [2.05, 4.69) is 15.2 Å². The Morgan fingerprint density at radius 3 is 2.79 bits per heavy atom. The highest BCUT2D eigenvalue weighted by atomic mass is 32.2. The molecule has 0 aliphatic carbocycles. The van der Waals surface area contributed by atoms with E-state index in [9.17, 15) is 8.42 Å². The maximum atomic E-state index is 12.2. The second-order valence-corrected chi connectivity index (χ2v) is 7.80. The quantitative estimate of drug-likeness (QED) is 0.727. The summed E-state index contributed by atoms with van der Waals surface area (Å²) in [4.78, 5) is 4.04. The highest BCUT2D eigenvalue weighted by molar-refractivity contribution is 7.86. The minimum Gasteiger partial charge on any atom is -0.369 e. The van der Waals surface area contributed by atoms with E-state index in [0.717, 1.165) is 5.56 Å². The van der Waals surface area contributed by atoms with E-state index >= 15 is 0 Å².